The number of aliphatic hydroxyl groups excluding tert-OH is 1. The molecule has 0 aliphatic heterocycles. The second-order valence-corrected chi connectivity index (χ2v) is 7.89. The summed E-state index contributed by atoms with van der Waals surface area (Å²) in [6.45, 7) is 0. The summed E-state index contributed by atoms with van der Waals surface area (Å²) in [5.41, 5.74) is 1.06. The summed E-state index contributed by atoms with van der Waals surface area (Å²) in [6, 6.07) is 16.6. The van der Waals surface area contributed by atoms with Crippen molar-refractivity contribution < 1.29 is 15.0 Å². The Balaban J connectivity index is 1.65. The van der Waals surface area contributed by atoms with E-state index in [2.05, 4.69) is 5.32 Å². The molecule has 0 heterocycles. The first-order valence-corrected chi connectivity index (χ1v) is 9.95. The summed E-state index contributed by atoms with van der Waals surface area (Å²) < 4.78 is 0. The number of amides is 1. The van der Waals surface area contributed by atoms with E-state index in [-0.39, 0.29) is 5.92 Å². The van der Waals surface area contributed by atoms with Gasteiger partial charge in [0.25, 0.3) is 5.91 Å². The SMILES string of the molecule is O=C(N[C@@H]1c2ccccc2C[C@@H]1O)[C@@](O)(c1ccccc1)C1CCCCC1. The lowest BCUT2D eigenvalue weighted by Gasteiger charge is -2.38. The Morgan fingerprint density at radius 3 is 2.37 bits per heavy atom. The van der Waals surface area contributed by atoms with Gasteiger partial charge in [0.1, 0.15) is 0 Å². The molecule has 0 unspecified atom stereocenters. The molecule has 4 nitrogen and oxygen atoms in total. The third-order valence-corrected chi connectivity index (χ3v) is 6.25. The molecule has 1 fully saturated rings. The normalized spacial score (nSPS) is 24.8. The van der Waals surface area contributed by atoms with Gasteiger partial charge in [0, 0.05) is 12.3 Å². The van der Waals surface area contributed by atoms with E-state index < -0.39 is 23.7 Å². The fraction of sp³-hybridized carbons (Fsp3) is 0.435. The van der Waals surface area contributed by atoms with Gasteiger partial charge in [0.05, 0.1) is 12.1 Å². The van der Waals surface area contributed by atoms with Crippen LogP contribution in [0.4, 0.5) is 0 Å². The number of carbonyl (C=O) groups excluding carboxylic acids is 1. The molecule has 2 aromatic rings. The number of hydrogen-bond acceptors (Lipinski definition) is 3. The molecule has 0 aromatic heterocycles. The van der Waals surface area contributed by atoms with Crippen LogP contribution in [-0.2, 0) is 16.8 Å². The molecule has 0 bridgehead atoms. The highest BCUT2D eigenvalue weighted by molar-refractivity contribution is 5.87. The maximum absolute atomic E-state index is 13.4. The van der Waals surface area contributed by atoms with E-state index in [4.69, 9.17) is 0 Å². The first-order chi connectivity index (χ1) is 13.1. The van der Waals surface area contributed by atoms with Crippen LogP contribution >= 0.6 is 0 Å². The summed E-state index contributed by atoms with van der Waals surface area (Å²) in [5.74, 6) is -0.510. The van der Waals surface area contributed by atoms with E-state index in [9.17, 15) is 15.0 Å². The van der Waals surface area contributed by atoms with Crippen LogP contribution in [0.5, 0.6) is 0 Å². The zero-order chi connectivity index (χ0) is 18.9. The lowest BCUT2D eigenvalue weighted by Crippen LogP contribution is -2.52. The predicted molar refractivity (Wildman–Crippen MR) is 104 cm³/mol. The quantitative estimate of drug-likeness (QED) is 0.779. The van der Waals surface area contributed by atoms with E-state index in [1.165, 1.54) is 0 Å². The van der Waals surface area contributed by atoms with Crippen LogP contribution in [0.3, 0.4) is 0 Å². The van der Waals surface area contributed by atoms with Crippen molar-refractivity contribution in [3.8, 4) is 0 Å². The molecule has 27 heavy (non-hydrogen) atoms. The molecule has 2 aromatic carbocycles. The van der Waals surface area contributed by atoms with Crippen LogP contribution in [0.2, 0.25) is 0 Å². The van der Waals surface area contributed by atoms with Gasteiger partial charge in [-0.2, -0.15) is 0 Å². The maximum Gasteiger partial charge on any atom is 0.257 e. The van der Waals surface area contributed by atoms with Crippen LogP contribution in [0.15, 0.2) is 54.6 Å². The Bertz CT molecular complexity index is 800. The van der Waals surface area contributed by atoms with Gasteiger partial charge < -0.3 is 15.5 Å². The van der Waals surface area contributed by atoms with Gasteiger partial charge in [-0.05, 0) is 29.5 Å². The standard InChI is InChI=1S/C23H27NO3/c25-20-15-16-9-7-8-14-19(16)21(20)24-22(26)23(27,17-10-3-1-4-11-17)18-12-5-2-6-13-18/h1,3-4,7-11,14,18,20-21,25,27H,2,5-6,12-13,15H2,(H,24,26)/t20-,21+,23+/m0/s1. The number of hydrogen-bond donors (Lipinski definition) is 3. The van der Waals surface area contributed by atoms with Crippen molar-refractivity contribution >= 4 is 5.91 Å². The summed E-state index contributed by atoms with van der Waals surface area (Å²) in [7, 11) is 0. The molecule has 0 saturated heterocycles. The second-order valence-electron chi connectivity index (χ2n) is 7.89. The minimum absolute atomic E-state index is 0.109. The molecule has 2 aliphatic carbocycles. The van der Waals surface area contributed by atoms with Crippen LogP contribution in [-0.4, -0.2) is 22.2 Å². The Morgan fingerprint density at radius 2 is 1.63 bits per heavy atom. The van der Waals surface area contributed by atoms with Crippen molar-refractivity contribution in [1.29, 1.82) is 0 Å². The van der Waals surface area contributed by atoms with Crippen LogP contribution in [0.1, 0.15) is 54.8 Å². The summed E-state index contributed by atoms with van der Waals surface area (Å²) in [6.07, 6.45) is 4.74. The third-order valence-electron chi connectivity index (χ3n) is 6.25. The first kappa shape index (κ1) is 18.2. The highest BCUT2D eigenvalue weighted by Crippen LogP contribution is 2.41. The highest BCUT2D eigenvalue weighted by atomic mass is 16.3. The Labute approximate surface area is 160 Å². The average Bonchev–Trinajstić information content (AvgIpc) is 3.04. The number of benzene rings is 2. The van der Waals surface area contributed by atoms with E-state index in [1.807, 2.05) is 54.6 Å². The van der Waals surface area contributed by atoms with Crippen molar-refractivity contribution in [1.82, 2.24) is 5.32 Å². The van der Waals surface area contributed by atoms with Gasteiger partial charge in [-0.25, -0.2) is 0 Å². The van der Waals surface area contributed by atoms with Gasteiger partial charge in [-0.3, -0.25) is 4.79 Å². The van der Waals surface area contributed by atoms with Crippen molar-refractivity contribution in [2.45, 2.75) is 56.3 Å². The Kier molecular flexibility index (Phi) is 5.02. The van der Waals surface area contributed by atoms with Crippen LogP contribution in [0.25, 0.3) is 0 Å². The molecule has 4 heteroatoms. The Hall–Kier alpha value is -2.17. The number of aliphatic hydroxyl groups is 2. The summed E-state index contributed by atoms with van der Waals surface area (Å²) >= 11 is 0. The van der Waals surface area contributed by atoms with Crippen molar-refractivity contribution in [3.05, 3.63) is 71.3 Å². The van der Waals surface area contributed by atoms with Gasteiger partial charge in [-0.1, -0.05) is 73.9 Å². The monoisotopic (exact) mass is 365 g/mol. The van der Waals surface area contributed by atoms with E-state index in [0.29, 0.717) is 12.0 Å². The zero-order valence-corrected chi connectivity index (χ0v) is 15.5. The minimum atomic E-state index is -1.57. The van der Waals surface area contributed by atoms with Gasteiger partial charge >= 0.3 is 0 Å². The molecule has 2 aliphatic rings. The summed E-state index contributed by atoms with van der Waals surface area (Å²) in [5, 5.41) is 25.2. The number of fused-ring (bicyclic) bond motifs is 1. The molecule has 3 N–H and O–H groups in total. The maximum atomic E-state index is 13.4. The third kappa shape index (κ3) is 3.28. The number of nitrogens with one attached hydrogen (secondary N) is 1. The lowest BCUT2D eigenvalue weighted by molar-refractivity contribution is -0.151. The average molecular weight is 365 g/mol. The highest BCUT2D eigenvalue weighted by Gasteiger charge is 2.47. The smallest absolute Gasteiger partial charge is 0.257 e. The van der Waals surface area contributed by atoms with E-state index in [1.54, 1.807) is 0 Å². The molecule has 3 atom stereocenters. The Morgan fingerprint density at radius 1 is 0.963 bits per heavy atom. The number of rotatable bonds is 4. The summed E-state index contributed by atoms with van der Waals surface area (Å²) in [4.78, 5) is 13.4. The van der Waals surface area contributed by atoms with Gasteiger partial charge in [-0.15, -0.1) is 0 Å². The first-order valence-electron chi connectivity index (χ1n) is 9.95. The fourth-order valence-corrected chi connectivity index (χ4v) is 4.76. The molecule has 1 saturated carbocycles. The molecule has 0 radical (unpaired) electrons. The molecular formula is C23H27NO3. The largest absolute Gasteiger partial charge is 0.390 e. The predicted octanol–water partition coefficient (Wildman–Crippen LogP) is 3.23. The van der Waals surface area contributed by atoms with Crippen LogP contribution in [0, 0.1) is 5.92 Å². The molecule has 0 spiro atoms. The topological polar surface area (TPSA) is 69.6 Å². The second kappa shape index (κ2) is 7.45. The van der Waals surface area contributed by atoms with Crippen molar-refractivity contribution in [2.24, 2.45) is 5.92 Å². The number of carbonyl (C=O) groups is 1. The molecule has 142 valence electrons. The van der Waals surface area contributed by atoms with Crippen molar-refractivity contribution in [3.63, 3.8) is 0 Å². The molecular weight excluding hydrogens is 338 g/mol. The van der Waals surface area contributed by atoms with Crippen LogP contribution < -0.4 is 5.32 Å². The fourth-order valence-electron chi connectivity index (χ4n) is 4.76. The minimum Gasteiger partial charge on any atom is -0.390 e. The van der Waals surface area contributed by atoms with Gasteiger partial charge in [0.15, 0.2) is 5.60 Å². The van der Waals surface area contributed by atoms with E-state index in [0.717, 1.165) is 43.2 Å². The molecule has 4 rings (SSSR count). The molecule has 1 amide bonds. The lowest BCUT2D eigenvalue weighted by atomic mass is 9.72. The zero-order valence-electron chi connectivity index (χ0n) is 15.5. The van der Waals surface area contributed by atoms with E-state index >= 15 is 0 Å². The van der Waals surface area contributed by atoms with Crippen molar-refractivity contribution in [2.75, 3.05) is 0 Å². The van der Waals surface area contributed by atoms with Gasteiger partial charge in [0.2, 0.25) is 0 Å².